The monoisotopic (exact) mass is 396 g/mol. The van der Waals surface area contributed by atoms with Gasteiger partial charge in [-0.05, 0) is 5.56 Å². The van der Waals surface area contributed by atoms with Gasteiger partial charge < -0.3 is 9.80 Å². The average molecular weight is 396 g/mol. The molecule has 0 aromatic heterocycles. The van der Waals surface area contributed by atoms with Gasteiger partial charge in [-0.25, -0.2) is 0 Å². The van der Waals surface area contributed by atoms with Crippen molar-refractivity contribution in [2.75, 3.05) is 27.2 Å². The summed E-state index contributed by atoms with van der Waals surface area (Å²) in [6.45, 7) is 0.829. The van der Waals surface area contributed by atoms with Crippen LogP contribution in [0.25, 0.3) is 0 Å². The molecule has 0 aliphatic carbocycles. The minimum Gasteiger partial charge on any atom is -0.338 e. The number of rotatable bonds is 7. The topological polar surface area (TPSA) is 102 Å². The Hall–Kier alpha value is -3.39. The highest BCUT2D eigenvalue weighted by Crippen LogP contribution is 2.38. The van der Waals surface area contributed by atoms with Crippen LogP contribution in [0.15, 0.2) is 54.6 Å². The Bertz CT molecular complexity index is 958. The van der Waals surface area contributed by atoms with Gasteiger partial charge in [0.25, 0.3) is 11.6 Å². The molecule has 2 atom stereocenters. The highest BCUT2D eigenvalue weighted by Gasteiger charge is 2.51. The van der Waals surface area contributed by atoms with Crippen molar-refractivity contribution in [2.24, 2.45) is 5.92 Å². The van der Waals surface area contributed by atoms with Crippen LogP contribution in [0.3, 0.4) is 0 Å². The van der Waals surface area contributed by atoms with Gasteiger partial charge in [0.1, 0.15) is 5.92 Å². The SMILES string of the molecule is C[NH+](C)CCN1C(=O)C(=O)C(C(=O)c2ccccc2)C1c1cccc([N+](=O)[O-])c1. The first kappa shape index (κ1) is 20.3. The molecule has 1 N–H and O–H groups in total. The Kier molecular flexibility index (Phi) is 5.84. The summed E-state index contributed by atoms with van der Waals surface area (Å²) in [5, 5.41) is 11.2. The number of non-ortho nitro benzene ring substituents is 1. The lowest BCUT2D eigenvalue weighted by Gasteiger charge is -2.27. The average Bonchev–Trinajstić information content (AvgIpc) is 2.97. The van der Waals surface area contributed by atoms with Crippen molar-refractivity contribution in [3.05, 3.63) is 75.8 Å². The minimum atomic E-state index is -1.23. The van der Waals surface area contributed by atoms with E-state index in [-0.39, 0.29) is 12.2 Å². The molecule has 8 nitrogen and oxygen atoms in total. The molecule has 1 amide bonds. The van der Waals surface area contributed by atoms with E-state index >= 15 is 0 Å². The number of hydrogen-bond acceptors (Lipinski definition) is 5. The number of carbonyl (C=O) groups excluding carboxylic acids is 3. The van der Waals surface area contributed by atoms with Crippen molar-refractivity contribution in [3.63, 3.8) is 0 Å². The predicted octanol–water partition coefficient (Wildman–Crippen LogP) is 0.691. The molecule has 0 bridgehead atoms. The number of nitrogens with one attached hydrogen (secondary N) is 1. The van der Waals surface area contributed by atoms with Crippen molar-refractivity contribution >= 4 is 23.2 Å². The van der Waals surface area contributed by atoms with E-state index in [9.17, 15) is 24.5 Å². The molecule has 29 heavy (non-hydrogen) atoms. The largest absolute Gasteiger partial charge is 0.338 e. The van der Waals surface area contributed by atoms with Gasteiger partial charge in [-0.1, -0.05) is 42.5 Å². The van der Waals surface area contributed by atoms with Crippen molar-refractivity contribution in [1.29, 1.82) is 0 Å². The Morgan fingerprint density at radius 3 is 2.41 bits per heavy atom. The summed E-state index contributed by atoms with van der Waals surface area (Å²) in [5.74, 6) is -3.19. The van der Waals surface area contributed by atoms with Gasteiger partial charge in [0.2, 0.25) is 5.78 Å². The van der Waals surface area contributed by atoms with Crippen LogP contribution in [0.4, 0.5) is 5.69 Å². The molecule has 2 aromatic rings. The number of likely N-dealkylation sites (tertiary alicyclic amines) is 1. The van der Waals surface area contributed by atoms with Gasteiger partial charge in [-0.2, -0.15) is 0 Å². The fraction of sp³-hybridized carbons (Fsp3) is 0.286. The lowest BCUT2D eigenvalue weighted by molar-refractivity contribution is -0.857. The number of Topliss-reactive ketones (excluding diaryl/α,β-unsaturated/α-hetero) is 2. The summed E-state index contributed by atoms with van der Waals surface area (Å²) in [5.41, 5.74) is 0.578. The maximum Gasteiger partial charge on any atom is 0.291 e. The first-order chi connectivity index (χ1) is 13.8. The molecule has 2 aromatic carbocycles. The quantitative estimate of drug-likeness (QED) is 0.244. The second kappa shape index (κ2) is 8.32. The number of nitro groups is 1. The number of carbonyl (C=O) groups is 3. The molecular formula is C21H22N3O5+. The number of nitro benzene ring substituents is 1. The highest BCUT2D eigenvalue weighted by molar-refractivity contribution is 6.44. The second-order valence-electron chi connectivity index (χ2n) is 7.32. The number of quaternary nitrogens is 1. The molecule has 0 spiro atoms. The zero-order valence-corrected chi connectivity index (χ0v) is 16.2. The van der Waals surface area contributed by atoms with Crippen LogP contribution < -0.4 is 4.90 Å². The summed E-state index contributed by atoms with van der Waals surface area (Å²) >= 11 is 0. The van der Waals surface area contributed by atoms with E-state index in [0.29, 0.717) is 17.7 Å². The number of benzene rings is 2. The fourth-order valence-corrected chi connectivity index (χ4v) is 3.55. The summed E-state index contributed by atoms with van der Waals surface area (Å²) < 4.78 is 0. The van der Waals surface area contributed by atoms with E-state index in [4.69, 9.17) is 0 Å². The molecule has 150 valence electrons. The van der Waals surface area contributed by atoms with E-state index in [1.165, 1.54) is 23.1 Å². The molecule has 8 heteroatoms. The molecular weight excluding hydrogens is 374 g/mol. The Morgan fingerprint density at radius 1 is 1.10 bits per heavy atom. The number of hydrogen-bond donors (Lipinski definition) is 1. The minimum absolute atomic E-state index is 0.154. The Labute approximate surface area is 167 Å². The third-order valence-electron chi connectivity index (χ3n) is 5.02. The molecule has 1 heterocycles. The zero-order chi connectivity index (χ0) is 21.1. The normalized spacial score (nSPS) is 19.1. The molecule has 3 rings (SSSR count). The first-order valence-electron chi connectivity index (χ1n) is 9.28. The number of amides is 1. The summed E-state index contributed by atoms with van der Waals surface area (Å²) in [6.07, 6.45) is 0. The summed E-state index contributed by atoms with van der Waals surface area (Å²) in [6, 6.07) is 13.2. The molecule has 0 saturated carbocycles. The zero-order valence-electron chi connectivity index (χ0n) is 16.2. The third-order valence-corrected chi connectivity index (χ3v) is 5.02. The number of ketones is 2. The van der Waals surface area contributed by atoms with Crippen LogP contribution in [0, 0.1) is 16.0 Å². The van der Waals surface area contributed by atoms with Crippen molar-refractivity contribution in [3.8, 4) is 0 Å². The molecule has 1 saturated heterocycles. The van der Waals surface area contributed by atoms with Gasteiger partial charge in [-0.15, -0.1) is 0 Å². The van der Waals surface area contributed by atoms with Crippen molar-refractivity contribution in [1.82, 2.24) is 4.90 Å². The van der Waals surface area contributed by atoms with Crippen LogP contribution in [0.2, 0.25) is 0 Å². The van der Waals surface area contributed by atoms with Gasteiger partial charge in [0.15, 0.2) is 5.78 Å². The van der Waals surface area contributed by atoms with Crippen LogP contribution >= 0.6 is 0 Å². The van der Waals surface area contributed by atoms with Crippen molar-refractivity contribution < 1.29 is 24.2 Å². The molecule has 1 aliphatic heterocycles. The first-order valence-corrected chi connectivity index (χ1v) is 9.28. The van der Waals surface area contributed by atoms with Gasteiger partial charge in [0, 0.05) is 17.7 Å². The van der Waals surface area contributed by atoms with Crippen LogP contribution in [0.5, 0.6) is 0 Å². The van der Waals surface area contributed by atoms with Crippen molar-refractivity contribution in [2.45, 2.75) is 6.04 Å². The standard InChI is InChI=1S/C21H21N3O5/c1-22(2)11-12-23-18(15-9-6-10-16(13-15)24(28)29)17(20(26)21(23)27)19(25)14-7-4-3-5-8-14/h3-10,13,17-18H,11-12H2,1-2H3/p+1. The van der Waals surface area contributed by atoms with Crippen LogP contribution in [0.1, 0.15) is 22.0 Å². The van der Waals surface area contributed by atoms with Gasteiger partial charge in [0.05, 0.1) is 38.2 Å². The maximum atomic E-state index is 13.2. The Morgan fingerprint density at radius 2 is 1.79 bits per heavy atom. The third kappa shape index (κ3) is 4.07. The summed E-state index contributed by atoms with van der Waals surface area (Å²) in [7, 11) is 3.83. The predicted molar refractivity (Wildman–Crippen MR) is 104 cm³/mol. The summed E-state index contributed by atoms with van der Waals surface area (Å²) in [4.78, 5) is 51.8. The Balaban J connectivity index is 2.08. The molecule has 0 radical (unpaired) electrons. The fourth-order valence-electron chi connectivity index (χ4n) is 3.55. The lowest BCUT2D eigenvalue weighted by Crippen LogP contribution is -3.06. The number of nitrogens with zero attached hydrogens (tertiary/aromatic N) is 2. The number of likely N-dealkylation sites (N-methyl/N-ethyl adjacent to an activating group) is 1. The molecule has 1 fully saturated rings. The van der Waals surface area contributed by atoms with E-state index in [1.807, 2.05) is 14.1 Å². The van der Waals surface area contributed by atoms with Gasteiger partial charge in [-0.3, -0.25) is 24.5 Å². The van der Waals surface area contributed by atoms with E-state index < -0.39 is 34.4 Å². The van der Waals surface area contributed by atoms with E-state index in [1.54, 1.807) is 36.4 Å². The van der Waals surface area contributed by atoms with Crippen LogP contribution in [-0.4, -0.2) is 54.5 Å². The smallest absolute Gasteiger partial charge is 0.291 e. The lowest BCUT2D eigenvalue weighted by atomic mass is 9.86. The van der Waals surface area contributed by atoms with Crippen LogP contribution in [-0.2, 0) is 9.59 Å². The molecule has 1 aliphatic rings. The van der Waals surface area contributed by atoms with E-state index in [0.717, 1.165) is 4.90 Å². The molecule has 2 unspecified atom stereocenters. The van der Waals surface area contributed by atoms with E-state index in [2.05, 4.69) is 0 Å². The maximum absolute atomic E-state index is 13.2. The second-order valence-corrected chi connectivity index (χ2v) is 7.32. The highest BCUT2D eigenvalue weighted by atomic mass is 16.6. The van der Waals surface area contributed by atoms with Gasteiger partial charge >= 0.3 is 0 Å².